The number of amides is 1. The highest BCUT2D eigenvalue weighted by molar-refractivity contribution is 7.23. The fourth-order valence-electron chi connectivity index (χ4n) is 2.84. The van der Waals surface area contributed by atoms with Gasteiger partial charge in [0.1, 0.15) is 0 Å². The van der Waals surface area contributed by atoms with Gasteiger partial charge in [-0.2, -0.15) is 0 Å². The van der Waals surface area contributed by atoms with E-state index in [0.29, 0.717) is 11.6 Å². The van der Waals surface area contributed by atoms with Crippen LogP contribution in [0.25, 0.3) is 10.2 Å². The van der Waals surface area contributed by atoms with E-state index in [1.54, 1.807) is 6.20 Å². The second-order valence-corrected chi connectivity index (χ2v) is 7.32. The SMILES string of the molecule is CNc1cc2nc(NC(C)c3cccnc3)nc(C(=O)N3CCC3)c2s1. The molecule has 3 aromatic heterocycles. The molecule has 0 bridgehead atoms. The minimum atomic E-state index is -0.0229. The lowest BCUT2D eigenvalue weighted by Gasteiger charge is -2.30. The maximum Gasteiger partial charge on any atom is 0.274 e. The third-order valence-electron chi connectivity index (χ3n) is 4.49. The quantitative estimate of drug-likeness (QED) is 0.720. The summed E-state index contributed by atoms with van der Waals surface area (Å²) in [5, 5.41) is 7.38. The first-order chi connectivity index (χ1) is 12.7. The van der Waals surface area contributed by atoms with Gasteiger partial charge >= 0.3 is 0 Å². The molecular formula is C18H20N6OS. The van der Waals surface area contributed by atoms with Crippen molar-refractivity contribution in [2.75, 3.05) is 30.8 Å². The van der Waals surface area contributed by atoms with E-state index in [4.69, 9.17) is 0 Å². The molecule has 8 heteroatoms. The normalized spacial score (nSPS) is 14.8. The lowest BCUT2D eigenvalue weighted by atomic mass is 10.1. The second-order valence-electron chi connectivity index (χ2n) is 6.27. The van der Waals surface area contributed by atoms with Gasteiger partial charge in [0.15, 0.2) is 5.69 Å². The minimum absolute atomic E-state index is 0.0180. The minimum Gasteiger partial charge on any atom is -0.380 e. The molecule has 0 aliphatic carbocycles. The number of fused-ring (bicyclic) bond motifs is 1. The molecule has 0 spiro atoms. The molecule has 4 heterocycles. The van der Waals surface area contributed by atoms with Gasteiger partial charge in [0.25, 0.3) is 5.91 Å². The van der Waals surface area contributed by atoms with Gasteiger partial charge in [0.05, 0.1) is 21.3 Å². The third kappa shape index (κ3) is 3.08. The number of hydrogen-bond donors (Lipinski definition) is 2. The number of likely N-dealkylation sites (tertiary alicyclic amines) is 1. The number of carbonyl (C=O) groups excluding carboxylic acids is 1. The zero-order valence-corrected chi connectivity index (χ0v) is 15.5. The number of nitrogens with zero attached hydrogens (tertiary/aromatic N) is 4. The summed E-state index contributed by atoms with van der Waals surface area (Å²) in [4.78, 5) is 28.0. The molecule has 1 amide bonds. The Hall–Kier alpha value is -2.74. The molecule has 1 unspecified atom stereocenters. The molecule has 0 saturated carbocycles. The Morgan fingerprint density at radius 3 is 2.85 bits per heavy atom. The van der Waals surface area contributed by atoms with Crippen molar-refractivity contribution < 1.29 is 4.79 Å². The fourth-order valence-corrected chi connectivity index (χ4v) is 3.77. The van der Waals surface area contributed by atoms with Crippen LogP contribution in [0.4, 0.5) is 10.9 Å². The number of pyridine rings is 1. The Kier molecular flexibility index (Phi) is 4.42. The van der Waals surface area contributed by atoms with E-state index in [1.165, 1.54) is 11.3 Å². The summed E-state index contributed by atoms with van der Waals surface area (Å²) in [5.41, 5.74) is 2.29. The largest absolute Gasteiger partial charge is 0.380 e. The molecule has 3 aromatic rings. The van der Waals surface area contributed by atoms with Crippen LogP contribution >= 0.6 is 11.3 Å². The summed E-state index contributed by atoms with van der Waals surface area (Å²) in [5.74, 6) is 0.434. The molecule has 0 radical (unpaired) electrons. The van der Waals surface area contributed by atoms with E-state index in [2.05, 4.69) is 25.6 Å². The van der Waals surface area contributed by atoms with Crippen LogP contribution in [0.1, 0.15) is 35.4 Å². The Balaban J connectivity index is 1.71. The van der Waals surface area contributed by atoms with Crippen LogP contribution in [0.5, 0.6) is 0 Å². The smallest absolute Gasteiger partial charge is 0.274 e. The first-order valence-electron chi connectivity index (χ1n) is 8.61. The second kappa shape index (κ2) is 6.87. The van der Waals surface area contributed by atoms with E-state index < -0.39 is 0 Å². The molecule has 4 rings (SSSR count). The highest BCUT2D eigenvalue weighted by Crippen LogP contribution is 2.32. The van der Waals surface area contributed by atoms with Crippen LogP contribution in [0.15, 0.2) is 30.6 Å². The standard InChI is InChI=1S/C18H20N6OS/c1-11(12-5-3-6-20-10-12)21-18-22-13-9-14(19-2)26-16(13)15(23-18)17(25)24-7-4-8-24/h3,5-6,9-11,19H,4,7-8H2,1-2H3,(H,21,22,23). The van der Waals surface area contributed by atoms with E-state index in [-0.39, 0.29) is 11.9 Å². The number of rotatable bonds is 5. The number of nitrogens with one attached hydrogen (secondary N) is 2. The molecule has 1 aliphatic rings. The Labute approximate surface area is 155 Å². The molecule has 7 nitrogen and oxygen atoms in total. The number of hydrogen-bond acceptors (Lipinski definition) is 7. The zero-order valence-electron chi connectivity index (χ0n) is 14.7. The molecule has 134 valence electrons. The number of thiophene rings is 1. The molecule has 1 fully saturated rings. The summed E-state index contributed by atoms with van der Waals surface area (Å²) in [6.07, 6.45) is 4.61. The molecule has 26 heavy (non-hydrogen) atoms. The summed E-state index contributed by atoms with van der Waals surface area (Å²) in [7, 11) is 1.86. The van der Waals surface area contributed by atoms with Crippen molar-refractivity contribution in [1.82, 2.24) is 19.9 Å². The van der Waals surface area contributed by atoms with Gasteiger partial charge in [-0.1, -0.05) is 6.07 Å². The van der Waals surface area contributed by atoms with Crippen molar-refractivity contribution in [1.29, 1.82) is 0 Å². The average Bonchev–Trinajstić information content (AvgIpc) is 3.03. The predicted molar refractivity (Wildman–Crippen MR) is 104 cm³/mol. The van der Waals surface area contributed by atoms with Gasteiger partial charge in [0.2, 0.25) is 5.95 Å². The Morgan fingerprint density at radius 1 is 1.35 bits per heavy atom. The van der Waals surface area contributed by atoms with E-state index in [0.717, 1.165) is 40.3 Å². The fraction of sp³-hybridized carbons (Fsp3) is 0.333. The van der Waals surface area contributed by atoms with Crippen LogP contribution in [-0.4, -0.2) is 45.9 Å². The van der Waals surface area contributed by atoms with Crippen LogP contribution in [0.3, 0.4) is 0 Å². The van der Waals surface area contributed by atoms with E-state index >= 15 is 0 Å². The number of aromatic nitrogens is 3. The summed E-state index contributed by atoms with van der Waals surface area (Å²) in [6, 6.07) is 5.83. The lowest BCUT2D eigenvalue weighted by molar-refractivity contribution is 0.0648. The molecule has 1 atom stereocenters. The van der Waals surface area contributed by atoms with Crippen LogP contribution in [-0.2, 0) is 0 Å². The van der Waals surface area contributed by atoms with Gasteiger partial charge in [-0.3, -0.25) is 9.78 Å². The maximum absolute atomic E-state index is 12.8. The van der Waals surface area contributed by atoms with Crippen molar-refractivity contribution in [3.63, 3.8) is 0 Å². The van der Waals surface area contributed by atoms with E-state index in [9.17, 15) is 4.79 Å². The van der Waals surface area contributed by atoms with Gasteiger partial charge < -0.3 is 15.5 Å². The Bertz CT molecular complexity index is 938. The lowest BCUT2D eigenvalue weighted by Crippen LogP contribution is -2.42. The highest BCUT2D eigenvalue weighted by Gasteiger charge is 2.26. The maximum atomic E-state index is 12.8. The molecule has 1 aliphatic heterocycles. The summed E-state index contributed by atoms with van der Waals surface area (Å²) >= 11 is 1.51. The van der Waals surface area contributed by atoms with E-state index in [1.807, 2.05) is 43.3 Å². The molecule has 0 aromatic carbocycles. The average molecular weight is 368 g/mol. The van der Waals surface area contributed by atoms with Crippen molar-refractivity contribution in [2.45, 2.75) is 19.4 Å². The molecular weight excluding hydrogens is 348 g/mol. The number of anilines is 2. The van der Waals surface area contributed by atoms with Gasteiger partial charge in [-0.05, 0) is 31.0 Å². The van der Waals surface area contributed by atoms with Crippen molar-refractivity contribution >= 4 is 38.4 Å². The first kappa shape index (κ1) is 16.7. The summed E-state index contributed by atoms with van der Waals surface area (Å²) in [6.45, 7) is 3.61. The van der Waals surface area contributed by atoms with Crippen molar-refractivity contribution in [3.05, 3.63) is 41.9 Å². The van der Waals surface area contributed by atoms with Crippen molar-refractivity contribution in [3.8, 4) is 0 Å². The van der Waals surface area contributed by atoms with Crippen LogP contribution < -0.4 is 10.6 Å². The molecule has 2 N–H and O–H groups in total. The third-order valence-corrected chi connectivity index (χ3v) is 5.64. The van der Waals surface area contributed by atoms with Crippen LogP contribution in [0.2, 0.25) is 0 Å². The summed E-state index contributed by atoms with van der Waals surface area (Å²) < 4.78 is 0.825. The van der Waals surface area contributed by atoms with Gasteiger partial charge in [-0.15, -0.1) is 11.3 Å². The van der Waals surface area contributed by atoms with Gasteiger partial charge in [-0.25, -0.2) is 9.97 Å². The zero-order chi connectivity index (χ0) is 18.1. The Morgan fingerprint density at radius 2 is 2.19 bits per heavy atom. The number of carbonyl (C=O) groups is 1. The monoisotopic (exact) mass is 368 g/mol. The van der Waals surface area contributed by atoms with Gasteiger partial charge in [0, 0.05) is 32.5 Å². The molecule has 1 saturated heterocycles. The van der Waals surface area contributed by atoms with Crippen LogP contribution in [0, 0.1) is 0 Å². The topological polar surface area (TPSA) is 83.0 Å². The highest BCUT2D eigenvalue weighted by atomic mass is 32.1. The first-order valence-corrected chi connectivity index (χ1v) is 9.42. The predicted octanol–water partition coefficient (Wildman–Crippen LogP) is 3.15. The van der Waals surface area contributed by atoms with Crippen molar-refractivity contribution in [2.24, 2.45) is 0 Å².